The van der Waals surface area contributed by atoms with Crippen LogP contribution in [0.15, 0.2) is 0 Å². The predicted octanol–water partition coefficient (Wildman–Crippen LogP) is 2.81. The number of halogens is 1. The number of carbonyl (C=O) groups is 1. The number of hydrogen-bond donors (Lipinski definition) is 0. The minimum absolute atomic E-state index is 0.106. The summed E-state index contributed by atoms with van der Waals surface area (Å²) in [5.41, 5.74) is -0.257. The molecule has 0 atom stereocenters. The van der Waals surface area contributed by atoms with Crippen LogP contribution >= 0.6 is 11.6 Å². The fraction of sp³-hybridized carbons (Fsp3) is 0.923. The van der Waals surface area contributed by atoms with Gasteiger partial charge in [0, 0.05) is 18.5 Å². The third kappa shape index (κ3) is 5.26. The number of amides is 1. The highest BCUT2D eigenvalue weighted by Gasteiger charge is 2.28. The molecule has 1 fully saturated rings. The highest BCUT2D eigenvalue weighted by Crippen LogP contribution is 2.25. The Morgan fingerprint density at radius 1 is 1.41 bits per heavy atom. The van der Waals surface area contributed by atoms with Gasteiger partial charge in [0.15, 0.2) is 0 Å². The van der Waals surface area contributed by atoms with Gasteiger partial charge in [-0.05, 0) is 46.5 Å². The second-order valence-corrected chi connectivity index (χ2v) is 5.99. The summed E-state index contributed by atoms with van der Waals surface area (Å²) in [6, 6.07) is 0.425. The van der Waals surface area contributed by atoms with Gasteiger partial charge in [0.25, 0.3) is 0 Å². The summed E-state index contributed by atoms with van der Waals surface area (Å²) in [7, 11) is 0. The molecule has 0 unspecified atom stereocenters. The zero-order valence-electron chi connectivity index (χ0n) is 11.2. The molecular formula is C13H24ClNO2. The van der Waals surface area contributed by atoms with Crippen LogP contribution in [0.25, 0.3) is 0 Å². The van der Waals surface area contributed by atoms with E-state index < -0.39 is 0 Å². The Balaban J connectivity index is 2.41. The van der Waals surface area contributed by atoms with E-state index in [2.05, 4.69) is 0 Å². The molecule has 0 aromatic carbocycles. The molecule has 1 saturated carbocycles. The molecule has 3 nitrogen and oxygen atoms in total. The summed E-state index contributed by atoms with van der Waals surface area (Å²) >= 11 is 5.70. The van der Waals surface area contributed by atoms with Crippen LogP contribution in [0, 0.1) is 0 Å². The van der Waals surface area contributed by atoms with E-state index in [-0.39, 0.29) is 18.1 Å². The molecule has 1 aliphatic carbocycles. The Kier molecular flexibility index (Phi) is 5.74. The maximum Gasteiger partial charge on any atom is 0.248 e. The highest BCUT2D eigenvalue weighted by atomic mass is 35.5. The minimum Gasteiger partial charge on any atom is -0.366 e. The largest absolute Gasteiger partial charge is 0.366 e. The van der Waals surface area contributed by atoms with E-state index in [4.69, 9.17) is 16.3 Å². The molecule has 17 heavy (non-hydrogen) atoms. The second-order valence-electron chi connectivity index (χ2n) is 5.62. The smallest absolute Gasteiger partial charge is 0.248 e. The Hall–Kier alpha value is -0.280. The van der Waals surface area contributed by atoms with Gasteiger partial charge in [0.1, 0.15) is 6.61 Å². The van der Waals surface area contributed by atoms with E-state index in [1.165, 1.54) is 6.42 Å². The Morgan fingerprint density at radius 3 is 2.47 bits per heavy atom. The molecule has 0 saturated heterocycles. The Labute approximate surface area is 109 Å². The van der Waals surface area contributed by atoms with Gasteiger partial charge in [-0.2, -0.15) is 0 Å². The Morgan fingerprint density at radius 2 is 2.06 bits per heavy atom. The van der Waals surface area contributed by atoms with E-state index in [0.717, 1.165) is 25.8 Å². The van der Waals surface area contributed by atoms with Crippen LogP contribution in [-0.2, 0) is 9.53 Å². The van der Waals surface area contributed by atoms with Gasteiger partial charge in [-0.3, -0.25) is 4.79 Å². The van der Waals surface area contributed by atoms with Gasteiger partial charge < -0.3 is 9.64 Å². The average Bonchev–Trinajstić information content (AvgIpc) is 2.16. The summed E-state index contributed by atoms with van der Waals surface area (Å²) in [5.74, 6) is 0.714. The average molecular weight is 262 g/mol. The minimum atomic E-state index is -0.257. The van der Waals surface area contributed by atoms with Gasteiger partial charge in [-0.15, -0.1) is 11.6 Å². The van der Waals surface area contributed by atoms with Crippen molar-refractivity contribution < 1.29 is 9.53 Å². The molecule has 0 aromatic rings. The summed E-state index contributed by atoms with van der Waals surface area (Å²) < 4.78 is 5.55. The van der Waals surface area contributed by atoms with Crippen LogP contribution in [-0.4, -0.2) is 41.5 Å². The highest BCUT2D eigenvalue weighted by molar-refractivity contribution is 6.17. The standard InChI is InChI=1S/C13H24ClNO2/c1-13(2,3)17-10-12(16)15(9-5-8-14)11-6-4-7-11/h11H,4-10H2,1-3H3. The predicted molar refractivity (Wildman–Crippen MR) is 70.4 cm³/mol. The van der Waals surface area contributed by atoms with Gasteiger partial charge >= 0.3 is 0 Å². The molecular weight excluding hydrogens is 238 g/mol. The number of ether oxygens (including phenoxy) is 1. The molecule has 0 N–H and O–H groups in total. The SMILES string of the molecule is CC(C)(C)OCC(=O)N(CCCCl)C1CCC1. The van der Waals surface area contributed by atoms with Crippen molar-refractivity contribution in [3.8, 4) is 0 Å². The topological polar surface area (TPSA) is 29.5 Å². The second kappa shape index (κ2) is 6.60. The molecule has 100 valence electrons. The third-order valence-corrected chi connectivity index (χ3v) is 3.26. The first-order valence-corrected chi connectivity index (χ1v) is 6.97. The lowest BCUT2D eigenvalue weighted by Gasteiger charge is -2.38. The lowest BCUT2D eigenvalue weighted by Crippen LogP contribution is -2.47. The van der Waals surface area contributed by atoms with Gasteiger partial charge in [0.2, 0.25) is 5.91 Å². The zero-order valence-corrected chi connectivity index (χ0v) is 11.9. The van der Waals surface area contributed by atoms with E-state index in [0.29, 0.717) is 11.9 Å². The molecule has 0 aromatic heterocycles. The molecule has 0 aliphatic heterocycles. The lowest BCUT2D eigenvalue weighted by molar-refractivity contribution is -0.145. The zero-order chi connectivity index (χ0) is 12.9. The van der Waals surface area contributed by atoms with Crippen molar-refractivity contribution in [1.29, 1.82) is 0 Å². The van der Waals surface area contributed by atoms with Crippen LogP contribution in [0.5, 0.6) is 0 Å². The summed E-state index contributed by atoms with van der Waals surface area (Å²) in [6.45, 7) is 6.84. The van der Waals surface area contributed by atoms with Gasteiger partial charge in [-0.25, -0.2) is 0 Å². The number of carbonyl (C=O) groups excluding carboxylic acids is 1. The van der Waals surface area contributed by atoms with Crippen molar-refractivity contribution in [3.63, 3.8) is 0 Å². The van der Waals surface area contributed by atoms with Crippen molar-refractivity contribution in [2.45, 2.75) is 58.1 Å². The first kappa shape index (κ1) is 14.8. The van der Waals surface area contributed by atoms with Crippen LogP contribution in [0.4, 0.5) is 0 Å². The quantitative estimate of drug-likeness (QED) is 0.688. The van der Waals surface area contributed by atoms with E-state index >= 15 is 0 Å². The molecule has 0 spiro atoms. The summed E-state index contributed by atoms with van der Waals surface area (Å²) in [4.78, 5) is 14.0. The normalized spacial score (nSPS) is 16.7. The number of alkyl halides is 1. The third-order valence-electron chi connectivity index (χ3n) is 3.00. The number of nitrogens with zero attached hydrogens (tertiary/aromatic N) is 1. The fourth-order valence-corrected chi connectivity index (χ4v) is 1.92. The van der Waals surface area contributed by atoms with Crippen LogP contribution in [0.2, 0.25) is 0 Å². The van der Waals surface area contributed by atoms with Gasteiger partial charge in [-0.1, -0.05) is 0 Å². The van der Waals surface area contributed by atoms with Crippen molar-refractivity contribution in [1.82, 2.24) is 4.90 Å². The lowest BCUT2D eigenvalue weighted by atomic mass is 9.91. The van der Waals surface area contributed by atoms with E-state index in [9.17, 15) is 4.79 Å². The van der Waals surface area contributed by atoms with Crippen LogP contribution in [0.1, 0.15) is 46.5 Å². The first-order valence-electron chi connectivity index (χ1n) is 6.43. The fourth-order valence-electron chi connectivity index (χ4n) is 1.80. The molecule has 0 heterocycles. The molecule has 0 bridgehead atoms. The molecule has 0 radical (unpaired) electrons. The first-order chi connectivity index (χ1) is 7.94. The molecule has 1 aliphatic rings. The van der Waals surface area contributed by atoms with E-state index in [1.807, 2.05) is 25.7 Å². The van der Waals surface area contributed by atoms with Crippen molar-refractivity contribution in [2.24, 2.45) is 0 Å². The summed E-state index contributed by atoms with van der Waals surface area (Å²) in [5, 5.41) is 0. The van der Waals surface area contributed by atoms with Crippen LogP contribution in [0.3, 0.4) is 0 Å². The van der Waals surface area contributed by atoms with Crippen molar-refractivity contribution in [3.05, 3.63) is 0 Å². The maximum absolute atomic E-state index is 12.1. The van der Waals surface area contributed by atoms with Gasteiger partial charge in [0.05, 0.1) is 5.60 Å². The molecule has 1 rings (SSSR count). The van der Waals surface area contributed by atoms with E-state index in [1.54, 1.807) is 0 Å². The maximum atomic E-state index is 12.1. The molecule has 1 amide bonds. The number of rotatable bonds is 6. The van der Waals surface area contributed by atoms with Crippen LogP contribution < -0.4 is 0 Å². The van der Waals surface area contributed by atoms with Crippen molar-refractivity contribution in [2.75, 3.05) is 19.0 Å². The monoisotopic (exact) mass is 261 g/mol. The number of hydrogen-bond acceptors (Lipinski definition) is 2. The summed E-state index contributed by atoms with van der Waals surface area (Å²) in [6.07, 6.45) is 4.35. The molecule has 4 heteroatoms. The Bertz CT molecular complexity index is 246. The van der Waals surface area contributed by atoms with Crippen molar-refractivity contribution >= 4 is 17.5 Å².